The quantitative estimate of drug-likeness (QED) is 0.859. The van der Waals surface area contributed by atoms with Crippen LogP contribution in [0.2, 0.25) is 0 Å². The van der Waals surface area contributed by atoms with E-state index in [4.69, 9.17) is 4.42 Å². The van der Waals surface area contributed by atoms with Gasteiger partial charge in [-0.3, -0.25) is 0 Å². The van der Waals surface area contributed by atoms with Crippen LogP contribution in [-0.2, 0) is 5.41 Å². The zero-order chi connectivity index (χ0) is 18.9. The second kappa shape index (κ2) is 6.60. The molecule has 136 valence electrons. The Bertz CT molecular complexity index is 917. The van der Waals surface area contributed by atoms with Crippen LogP contribution in [0.5, 0.6) is 0 Å². The maximum Gasteiger partial charge on any atom is 0.343 e. The summed E-state index contributed by atoms with van der Waals surface area (Å²) in [6.45, 7) is 9.91. The van der Waals surface area contributed by atoms with Crippen LogP contribution in [0.3, 0.4) is 0 Å². The van der Waals surface area contributed by atoms with Crippen LogP contribution >= 0.6 is 0 Å². The monoisotopic (exact) mass is 350 g/mol. The lowest BCUT2D eigenvalue weighted by atomic mass is 9.77. The van der Waals surface area contributed by atoms with Crippen LogP contribution in [0.1, 0.15) is 50.9 Å². The van der Waals surface area contributed by atoms with Crippen LogP contribution in [0.25, 0.3) is 5.57 Å². The van der Waals surface area contributed by atoms with Gasteiger partial charge >= 0.3 is 5.63 Å². The van der Waals surface area contributed by atoms with Crippen molar-refractivity contribution in [2.75, 3.05) is 5.32 Å². The summed E-state index contributed by atoms with van der Waals surface area (Å²) in [5, 5.41) is 3.16. The Hall–Kier alpha value is -2.62. The molecule has 1 atom stereocenters. The van der Waals surface area contributed by atoms with Crippen molar-refractivity contribution in [3.63, 3.8) is 0 Å². The van der Waals surface area contributed by atoms with Crippen molar-refractivity contribution in [1.29, 1.82) is 0 Å². The minimum Gasteiger partial charge on any atom is -0.389 e. The largest absolute Gasteiger partial charge is 0.389 e. The molecule has 1 heterocycles. The fourth-order valence-electron chi connectivity index (χ4n) is 3.15. The molecule has 1 aromatic carbocycles. The van der Waals surface area contributed by atoms with Gasteiger partial charge in [-0.1, -0.05) is 55.5 Å². The SMILES string of the molecule is Cc1c(C2(C)C=CC(c3ccccc3)=CC2)nc(NC(C)(C)C)oc1=O. The van der Waals surface area contributed by atoms with Crippen LogP contribution in [0.15, 0.2) is 57.8 Å². The van der Waals surface area contributed by atoms with Gasteiger partial charge in [0.2, 0.25) is 0 Å². The van der Waals surface area contributed by atoms with Gasteiger partial charge in [-0.05, 0) is 45.3 Å². The first-order valence-electron chi connectivity index (χ1n) is 8.93. The number of anilines is 1. The third-order valence-corrected chi connectivity index (χ3v) is 4.57. The van der Waals surface area contributed by atoms with Crippen molar-refractivity contribution in [2.24, 2.45) is 0 Å². The number of benzene rings is 1. The molecule has 1 aliphatic carbocycles. The average molecular weight is 350 g/mol. The van der Waals surface area contributed by atoms with Gasteiger partial charge in [0.25, 0.3) is 6.01 Å². The van der Waals surface area contributed by atoms with Crippen LogP contribution in [0.4, 0.5) is 6.01 Å². The molecule has 2 aromatic rings. The van der Waals surface area contributed by atoms with Gasteiger partial charge in [0.15, 0.2) is 0 Å². The van der Waals surface area contributed by atoms with E-state index >= 15 is 0 Å². The van der Waals surface area contributed by atoms with Crippen molar-refractivity contribution in [1.82, 2.24) is 4.98 Å². The molecule has 0 bridgehead atoms. The zero-order valence-corrected chi connectivity index (χ0v) is 16.1. The van der Waals surface area contributed by atoms with Gasteiger partial charge in [0, 0.05) is 11.0 Å². The zero-order valence-electron chi connectivity index (χ0n) is 16.1. The maximum absolute atomic E-state index is 12.3. The predicted octanol–water partition coefficient (Wildman–Crippen LogP) is 4.85. The van der Waals surface area contributed by atoms with Crippen molar-refractivity contribution in [2.45, 2.75) is 52.0 Å². The van der Waals surface area contributed by atoms with E-state index in [0.29, 0.717) is 5.56 Å². The molecule has 4 heteroatoms. The number of nitrogens with one attached hydrogen (secondary N) is 1. The van der Waals surface area contributed by atoms with Crippen LogP contribution in [0, 0.1) is 6.92 Å². The van der Waals surface area contributed by atoms with Gasteiger partial charge < -0.3 is 9.73 Å². The number of hydrogen-bond donors (Lipinski definition) is 1. The summed E-state index contributed by atoms with van der Waals surface area (Å²) >= 11 is 0. The minimum atomic E-state index is -0.341. The first-order chi connectivity index (χ1) is 12.2. The van der Waals surface area contributed by atoms with Crippen LogP contribution in [-0.4, -0.2) is 10.5 Å². The highest BCUT2D eigenvalue weighted by Crippen LogP contribution is 2.36. The molecule has 0 aliphatic heterocycles. The molecule has 0 spiro atoms. The predicted molar refractivity (Wildman–Crippen MR) is 106 cm³/mol. The van der Waals surface area contributed by atoms with Crippen molar-refractivity contribution in [3.8, 4) is 0 Å². The minimum absolute atomic E-state index is 0.237. The van der Waals surface area contributed by atoms with E-state index < -0.39 is 0 Å². The fraction of sp³-hybridized carbons (Fsp3) is 0.364. The molecule has 1 unspecified atom stereocenters. The molecule has 0 radical (unpaired) electrons. The number of nitrogens with zero attached hydrogens (tertiary/aromatic N) is 1. The molecular formula is C22H26N2O2. The molecule has 1 aromatic heterocycles. The van der Waals surface area contributed by atoms with Gasteiger partial charge in [0.05, 0.1) is 11.3 Å². The smallest absolute Gasteiger partial charge is 0.343 e. The second-order valence-corrected chi connectivity index (χ2v) is 8.14. The summed E-state index contributed by atoms with van der Waals surface area (Å²) < 4.78 is 5.33. The molecule has 4 nitrogen and oxygen atoms in total. The summed E-state index contributed by atoms with van der Waals surface area (Å²) in [4.78, 5) is 17.0. The van der Waals surface area contributed by atoms with E-state index in [-0.39, 0.29) is 22.6 Å². The second-order valence-electron chi connectivity index (χ2n) is 8.14. The Morgan fingerprint density at radius 1 is 1.19 bits per heavy atom. The lowest BCUT2D eigenvalue weighted by molar-refractivity contribution is 0.456. The number of hydrogen-bond acceptors (Lipinski definition) is 4. The Morgan fingerprint density at radius 3 is 2.46 bits per heavy atom. The molecule has 26 heavy (non-hydrogen) atoms. The molecule has 1 aliphatic rings. The highest BCUT2D eigenvalue weighted by atomic mass is 16.4. The first-order valence-corrected chi connectivity index (χ1v) is 8.93. The molecule has 0 amide bonds. The first kappa shape index (κ1) is 18.2. The molecule has 3 rings (SSSR count). The van der Waals surface area contributed by atoms with E-state index in [2.05, 4.69) is 47.6 Å². The number of rotatable bonds is 3. The Labute approximate surface area is 154 Å². The lowest BCUT2D eigenvalue weighted by Gasteiger charge is -2.29. The summed E-state index contributed by atoms with van der Waals surface area (Å²) in [6.07, 6.45) is 7.25. The lowest BCUT2D eigenvalue weighted by Crippen LogP contribution is -2.31. The molecule has 0 fully saturated rings. The fourth-order valence-corrected chi connectivity index (χ4v) is 3.15. The van der Waals surface area contributed by atoms with E-state index in [9.17, 15) is 4.79 Å². The number of aromatic nitrogens is 1. The van der Waals surface area contributed by atoms with Gasteiger partial charge in [0.1, 0.15) is 0 Å². The Kier molecular flexibility index (Phi) is 4.61. The van der Waals surface area contributed by atoms with E-state index in [1.165, 1.54) is 11.1 Å². The van der Waals surface area contributed by atoms with Gasteiger partial charge in [-0.25, -0.2) is 9.78 Å². The van der Waals surface area contributed by atoms with Crippen molar-refractivity contribution >= 4 is 11.6 Å². The number of allylic oxidation sites excluding steroid dienone is 4. The van der Waals surface area contributed by atoms with E-state index in [0.717, 1.165) is 12.1 Å². The highest BCUT2D eigenvalue weighted by molar-refractivity contribution is 5.75. The highest BCUT2D eigenvalue weighted by Gasteiger charge is 2.31. The average Bonchev–Trinajstić information content (AvgIpc) is 2.58. The molecule has 0 saturated carbocycles. The standard InChI is InChI=1S/C22H26N2O2/c1-15-18(23-20(26-19(15)25)24-21(2,3)4)22(5)13-11-17(12-14-22)16-9-7-6-8-10-16/h6-13H,14H2,1-5H3,(H,23,24). The van der Waals surface area contributed by atoms with Crippen LogP contribution < -0.4 is 10.9 Å². The molecular weight excluding hydrogens is 324 g/mol. The summed E-state index contributed by atoms with van der Waals surface area (Å²) in [7, 11) is 0. The third-order valence-electron chi connectivity index (χ3n) is 4.57. The van der Waals surface area contributed by atoms with E-state index in [1.54, 1.807) is 6.92 Å². The summed E-state index contributed by atoms with van der Waals surface area (Å²) in [5.74, 6) is 0. The summed E-state index contributed by atoms with van der Waals surface area (Å²) in [5.41, 5.74) is 2.79. The van der Waals surface area contributed by atoms with E-state index in [1.807, 2.05) is 39.0 Å². The van der Waals surface area contributed by atoms with Gasteiger partial charge in [-0.15, -0.1) is 0 Å². The normalized spacial score (nSPS) is 20.0. The third kappa shape index (κ3) is 3.79. The molecule has 0 saturated heterocycles. The topological polar surface area (TPSA) is 55.1 Å². The Morgan fingerprint density at radius 2 is 1.88 bits per heavy atom. The van der Waals surface area contributed by atoms with Crippen molar-refractivity contribution in [3.05, 3.63) is 75.8 Å². The van der Waals surface area contributed by atoms with Gasteiger partial charge in [-0.2, -0.15) is 0 Å². The van der Waals surface area contributed by atoms with Crippen molar-refractivity contribution < 1.29 is 4.42 Å². The maximum atomic E-state index is 12.3. The summed E-state index contributed by atoms with van der Waals surface area (Å²) in [6, 6.07) is 10.6. The Balaban J connectivity index is 1.96. The molecule has 1 N–H and O–H groups in total.